The molecule has 0 heterocycles. The van der Waals surface area contributed by atoms with Crippen molar-refractivity contribution in [2.24, 2.45) is 0 Å². The number of allylic oxidation sites excluding steroid dienone is 1. The molecule has 9 heavy (non-hydrogen) atoms. The molecule has 0 fully saturated rings. The van der Waals surface area contributed by atoms with Crippen LogP contribution in [0.5, 0.6) is 0 Å². The van der Waals surface area contributed by atoms with Gasteiger partial charge in [0.1, 0.15) is 0 Å². The zero-order chi connectivity index (χ0) is 6.53. The molecule has 1 heteroatoms. The maximum Gasteiger partial charge on any atom is 0.0112 e. The molecular formula is C8H14S. The Morgan fingerprint density at radius 3 is 3.00 bits per heavy atom. The zero-order valence-corrected chi connectivity index (χ0v) is 6.66. The standard InChI is InChI=1S/C8H14S/c9-7-8-5-3-1-2-4-6-8/h5,9H,1-4,6-7H2. The second-order valence-corrected chi connectivity index (χ2v) is 2.94. The highest BCUT2D eigenvalue weighted by molar-refractivity contribution is 7.80. The number of thiol groups is 1. The van der Waals surface area contributed by atoms with E-state index in [9.17, 15) is 0 Å². The Morgan fingerprint density at radius 2 is 2.22 bits per heavy atom. The van der Waals surface area contributed by atoms with Gasteiger partial charge in [0.15, 0.2) is 0 Å². The number of rotatable bonds is 1. The van der Waals surface area contributed by atoms with E-state index in [0.717, 1.165) is 5.75 Å². The minimum Gasteiger partial charge on any atom is -0.175 e. The van der Waals surface area contributed by atoms with E-state index < -0.39 is 0 Å². The Bertz CT molecular complexity index is 105. The van der Waals surface area contributed by atoms with Gasteiger partial charge in [-0.25, -0.2) is 0 Å². The topological polar surface area (TPSA) is 0 Å². The average molecular weight is 142 g/mol. The van der Waals surface area contributed by atoms with Gasteiger partial charge in [-0.15, -0.1) is 0 Å². The van der Waals surface area contributed by atoms with Crippen molar-refractivity contribution in [1.29, 1.82) is 0 Å². The Morgan fingerprint density at radius 1 is 1.33 bits per heavy atom. The van der Waals surface area contributed by atoms with Crippen LogP contribution in [-0.4, -0.2) is 5.75 Å². The molecule has 0 nitrogen and oxygen atoms in total. The van der Waals surface area contributed by atoms with Gasteiger partial charge in [-0.3, -0.25) is 0 Å². The Labute approximate surface area is 62.8 Å². The van der Waals surface area contributed by atoms with E-state index in [1.54, 1.807) is 5.57 Å². The summed E-state index contributed by atoms with van der Waals surface area (Å²) in [7, 11) is 0. The van der Waals surface area contributed by atoms with Crippen LogP contribution in [0.1, 0.15) is 32.1 Å². The Hall–Kier alpha value is 0.0900. The normalized spacial score (nSPS) is 20.8. The van der Waals surface area contributed by atoms with E-state index in [1.165, 1.54) is 32.1 Å². The molecule has 0 aromatic rings. The van der Waals surface area contributed by atoms with Crippen LogP contribution in [0.3, 0.4) is 0 Å². The van der Waals surface area contributed by atoms with Crippen LogP contribution >= 0.6 is 12.6 Å². The summed E-state index contributed by atoms with van der Waals surface area (Å²) in [5.74, 6) is 0.972. The summed E-state index contributed by atoms with van der Waals surface area (Å²) in [6, 6.07) is 0. The molecule has 0 spiro atoms. The molecule has 0 aromatic heterocycles. The first kappa shape index (κ1) is 7.20. The molecule has 0 N–H and O–H groups in total. The zero-order valence-electron chi connectivity index (χ0n) is 5.77. The van der Waals surface area contributed by atoms with Crippen molar-refractivity contribution in [1.82, 2.24) is 0 Å². The van der Waals surface area contributed by atoms with E-state index in [4.69, 9.17) is 0 Å². The molecule has 0 bridgehead atoms. The summed E-state index contributed by atoms with van der Waals surface area (Å²) < 4.78 is 0. The van der Waals surface area contributed by atoms with Gasteiger partial charge in [-0.2, -0.15) is 12.6 Å². The maximum absolute atomic E-state index is 4.24. The molecule has 0 saturated heterocycles. The third-order valence-corrected chi connectivity index (χ3v) is 2.24. The summed E-state index contributed by atoms with van der Waals surface area (Å²) in [5, 5.41) is 0. The lowest BCUT2D eigenvalue weighted by Gasteiger charge is -1.96. The van der Waals surface area contributed by atoms with E-state index in [-0.39, 0.29) is 0 Å². The third-order valence-electron chi connectivity index (χ3n) is 1.84. The van der Waals surface area contributed by atoms with Crippen LogP contribution in [0.2, 0.25) is 0 Å². The van der Waals surface area contributed by atoms with E-state index in [0.29, 0.717) is 0 Å². The van der Waals surface area contributed by atoms with E-state index in [2.05, 4.69) is 18.7 Å². The van der Waals surface area contributed by atoms with Gasteiger partial charge < -0.3 is 0 Å². The largest absolute Gasteiger partial charge is 0.175 e. The SMILES string of the molecule is SCC1=CCCCCC1. The minimum atomic E-state index is 0.972. The highest BCUT2D eigenvalue weighted by atomic mass is 32.1. The first-order valence-corrected chi connectivity index (χ1v) is 4.35. The van der Waals surface area contributed by atoms with Crippen molar-refractivity contribution < 1.29 is 0 Å². The van der Waals surface area contributed by atoms with Gasteiger partial charge in [0.2, 0.25) is 0 Å². The predicted octanol–water partition coefficient (Wildman–Crippen LogP) is 2.81. The average Bonchev–Trinajstić information content (AvgIpc) is 2.13. The van der Waals surface area contributed by atoms with Crippen molar-refractivity contribution in [2.45, 2.75) is 32.1 Å². The van der Waals surface area contributed by atoms with Crippen molar-refractivity contribution in [3.05, 3.63) is 11.6 Å². The van der Waals surface area contributed by atoms with E-state index in [1.807, 2.05) is 0 Å². The Balaban J connectivity index is 2.37. The van der Waals surface area contributed by atoms with Crippen LogP contribution < -0.4 is 0 Å². The van der Waals surface area contributed by atoms with Gasteiger partial charge in [0.25, 0.3) is 0 Å². The summed E-state index contributed by atoms with van der Waals surface area (Å²) in [5.41, 5.74) is 1.55. The molecule has 52 valence electrons. The lowest BCUT2D eigenvalue weighted by molar-refractivity contribution is 0.711. The van der Waals surface area contributed by atoms with Gasteiger partial charge in [-0.05, 0) is 25.7 Å². The molecule has 1 rings (SSSR count). The summed E-state index contributed by atoms with van der Waals surface area (Å²) in [6.45, 7) is 0. The molecule has 0 aliphatic heterocycles. The summed E-state index contributed by atoms with van der Waals surface area (Å²) in [6.07, 6.45) is 9.12. The highest BCUT2D eigenvalue weighted by Gasteiger charge is 1.98. The molecule has 0 unspecified atom stereocenters. The fraction of sp³-hybridized carbons (Fsp3) is 0.750. The number of hydrogen-bond acceptors (Lipinski definition) is 1. The van der Waals surface area contributed by atoms with Crippen LogP contribution in [0.25, 0.3) is 0 Å². The van der Waals surface area contributed by atoms with Crippen molar-refractivity contribution in [3.63, 3.8) is 0 Å². The molecule has 1 aliphatic rings. The van der Waals surface area contributed by atoms with Crippen molar-refractivity contribution >= 4 is 12.6 Å². The van der Waals surface area contributed by atoms with Crippen LogP contribution in [0, 0.1) is 0 Å². The lowest BCUT2D eigenvalue weighted by atomic mass is 10.1. The molecule has 0 atom stereocenters. The molecule has 0 radical (unpaired) electrons. The maximum atomic E-state index is 4.24. The predicted molar refractivity (Wildman–Crippen MR) is 45.0 cm³/mol. The van der Waals surface area contributed by atoms with E-state index >= 15 is 0 Å². The molecule has 0 saturated carbocycles. The van der Waals surface area contributed by atoms with Gasteiger partial charge in [0.05, 0.1) is 0 Å². The smallest absolute Gasteiger partial charge is 0.0112 e. The first-order chi connectivity index (χ1) is 4.43. The Kier molecular flexibility index (Phi) is 3.20. The van der Waals surface area contributed by atoms with Crippen LogP contribution in [-0.2, 0) is 0 Å². The molecule has 1 aliphatic carbocycles. The van der Waals surface area contributed by atoms with Crippen molar-refractivity contribution in [2.75, 3.05) is 5.75 Å². The van der Waals surface area contributed by atoms with Crippen LogP contribution in [0.15, 0.2) is 11.6 Å². The quantitative estimate of drug-likeness (QED) is 0.422. The number of hydrogen-bond donors (Lipinski definition) is 1. The van der Waals surface area contributed by atoms with Gasteiger partial charge >= 0.3 is 0 Å². The fourth-order valence-corrected chi connectivity index (χ4v) is 1.51. The fourth-order valence-electron chi connectivity index (χ4n) is 1.23. The minimum absolute atomic E-state index is 0.972. The molecule has 0 aromatic carbocycles. The summed E-state index contributed by atoms with van der Waals surface area (Å²) in [4.78, 5) is 0. The van der Waals surface area contributed by atoms with Gasteiger partial charge in [0, 0.05) is 5.75 Å². The van der Waals surface area contributed by atoms with Gasteiger partial charge in [-0.1, -0.05) is 18.1 Å². The molecular weight excluding hydrogens is 128 g/mol. The lowest BCUT2D eigenvalue weighted by Crippen LogP contribution is -1.81. The second-order valence-electron chi connectivity index (χ2n) is 2.62. The first-order valence-electron chi connectivity index (χ1n) is 3.72. The second kappa shape index (κ2) is 3.99. The van der Waals surface area contributed by atoms with Crippen LogP contribution in [0.4, 0.5) is 0 Å². The molecule has 0 amide bonds. The monoisotopic (exact) mass is 142 g/mol. The highest BCUT2D eigenvalue weighted by Crippen LogP contribution is 2.17. The van der Waals surface area contributed by atoms with Crippen molar-refractivity contribution in [3.8, 4) is 0 Å². The third kappa shape index (κ3) is 2.44. The summed E-state index contributed by atoms with van der Waals surface area (Å²) >= 11 is 4.24.